The number of ether oxygens (including phenoxy) is 2. The van der Waals surface area contributed by atoms with Gasteiger partial charge in [0.05, 0.1) is 19.9 Å². The summed E-state index contributed by atoms with van der Waals surface area (Å²) < 4.78 is 9.25. The average molecular weight is 317 g/mol. The van der Waals surface area contributed by atoms with E-state index in [4.69, 9.17) is 0 Å². The normalized spacial score (nSPS) is 10.0. The fraction of sp³-hybridized carbons (Fsp3) is 0.200. The van der Waals surface area contributed by atoms with Crippen molar-refractivity contribution in [3.63, 3.8) is 0 Å². The van der Waals surface area contributed by atoms with E-state index >= 15 is 0 Å². The molecule has 0 aliphatic heterocycles. The van der Waals surface area contributed by atoms with Gasteiger partial charge in [-0.2, -0.15) is 0 Å². The van der Waals surface area contributed by atoms with E-state index in [0.29, 0.717) is 5.69 Å². The Balaban J connectivity index is 2.40. The number of H-pyrrole nitrogens is 1. The number of nitrogens with zero attached hydrogens (tertiary/aromatic N) is 1. The maximum Gasteiger partial charge on any atom is 0.356 e. The van der Waals surface area contributed by atoms with Crippen LogP contribution in [0.3, 0.4) is 0 Å². The van der Waals surface area contributed by atoms with Gasteiger partial charge in [-0.15, -0.1) is 0 Å². The van der Waals surface area contributed by atoms with E-state index in [9.17, 15) is 14.4 Å². The van der Waals surface area contributed by atoms with Crippen LogP contribution in [0.25, 0.3) is 0 Å². The molecule has 2 heterocycles. The molecule has 0 unspecified atom stereocenters. The van der Waals surface area contributed by atoms with Crippen LogP contribution in [0.4, 0.5) is 5.69 Å². The summed E-state index contributed by atoms with van der Waals surface area (Å²) in [5.41, 5.74) is 0.741. The van der Waals surface area contributed by atoms with Crippen LogP contribution < -0.4 is 5.32 Å². The minimum atomic E-state index is -0.729. The first kappa shape index (κ1) is 16.2. The lowest BCUT2D eigenvalue weighted by Crippen LogP contribution is -2.18. The van der Waals surface area contributed by atoms with E-state index in [1.54, 1.807) is 19.1 Å². The Labute approximate surface area is 131 Å². The highest BCUT2D eigenvalue weighted by molar-refractivity contribution is 6.11. The molecule has 0 radical (unpaired) electrons. The van der Waals surface area contributed by atoms with E-state index in [0.717, 1.165) is 0 Å². The van der Waals surface area contributed by atoms with Gasteiger partial charge in [0.15, 0.2) is 0 Å². The highest BCUT2D eigenvalue weighted by atomic mass is 16.5. The summed E-state index contributed by atoms with van der Waals surface area (Å²) in [7, 11) is 2.38. The van der Waals surface area contributed by atoms with Crippen molar-refractivity contribution in [2.24, 2.45) is 0 Å². The van der Waals surface area contributed by atoms with E-state index < -0.39 is 17.8 Å². The van der Waals surface area contributed by atoms with Crippen LogP contribution in [0.5, 0.6) is 0 Å². The van der Waals surface area contributed by atoms with Gasteiger partial charge in [0.2, 0.25) is 0 Å². The molecule has 23 heavy (non-hydrogen) atoms. The van der Waals surface area contributed by atoms with E-state index in [2.05, 4.69) is 24.8 Å². The zero-order valence-corrected chi connectivity index (χ0v) is 12.8. The van der Waals surface area contributed by atoms with Gasteiger partial charge < -0.3 is 19.8 Å². The second-order valence-electron chi connectivity index (χ2n) is 4.55. The summed E-state index contributed by atoms with van der Waals surface area (Å²) in [6.45, 7) is 1.74. The third-order valence-electron chi connectivity index (χ3n) is 3.03. The van der Waals surface area contributed by atoms with E-state index in [1.807, 2.05) is 0 Å². The van der Waals surface area contributed by atoms with Crippen molar-refractivity contribution in [3.05, 3.63) is 47.0 Å². The first-order valence-corrected chi connectivity index (χ1v) is 6.61. The molecule has 1 amide bonds. The Kier molecular flexibility index (Phi) is 4.75. The van der Waals surface area contributed by atoms with Crippen molar-refractivity contribution in [2.75, 3.05) is 19.5 Å². The summed E-state index contributed by atoms with van der Waals surface area (Å²) in [4.78, 5) is 42.5. The molecule has 0 atom stereocenters. The molecular formula is C15H15N3O5. The number of hydrogen-bond acceptors (Lipinski definition) is 6. The van der Waals surface area contributed by atoms with Crippen LogP contribution in [0.1, 0.15) is 37.0 Å². The lowest BCUT2D eigenvalue weighted by Gasteiger charge is -2.08. The number of aromatic amines is 1. The SMILES string of the molecule is COC(=O)c1c[nH]c(C(=O)OC)c1NC(=O)c1cccc(C)n1. The van der Waals surface area contributed by atoms with Crippen LogP contribution in [-0.4, -0.2) is 42.0 Å². The lowest BCUT2D eigenvalue weighted by molar-refractivity contribution is 0.0594. The highest BCUT2D eigenvalue weighted by Gasteiger charge is 2.25. The van der Waals surface area contributed by atoms with Gasteiger partial charge >= 0.3 is 11.9 Å². The fourth-order valence-electron chi connectivity index (χ4n) is 1.93. The monoisotopic (exact) mass is 317 g/mol. The number of hydrogen-bond donors (Lipinski definition) is 2. The van der Waals surface area contributed by atoms with Gasteiger partial charge in [-0.05, 0) is 19.1 Å². The Hall–Kier alpha value is -3.16. The zero-order valence-electron chi connectivity index (χ0n) is 12.8. The largest absolute Gasteiger partial charge is 0.465 e. The van der Waals surface area contributed by atoms with E-state index in [1.165, 1.54) is 26.5 Å². The Bertz CT molecular complexity index is 733. The molecule has 8 heteroatoms. The van der Waals surface area contributed by atoms with Crippen molar-refractivity contribution >= 4 is 23.5 Å². The molecule has 0 aliphatic rings. The molecule has 0 fully saturated rings. The molecule has 120 valence electrons. The van der Waals surface area contributed by atoms with Gasteiger partial charge in [-0.1, -0.05) is 6.07 Å². The Morgan fingerprint density at radius 1 is 1.13 bits per heavy atom. The molecule has 8 nitrogen and oxygen atoms in total. The summed E-state index contributed by atoms with van der Waals surface area (Å²) in [5.74, 6) is -2.00. The number of aromatic nitrogens is 2. The maximum absolute atomic E-state index is 12.3. The fourth-order valence-corrected chi connectivity index (χ4v) is 1.93. The number of rotatable bonds is 4. The predicted octanol–water partition coefficient (Wildman–Crippen LogP) is 1.54. The number of carbonyl (C=O) groups is 3. The van der Waals surface area contributed by atoms with Crippen LogP contribution in [-0.2, 0) is 9.47 Å². The van der Waals surface area contributed by atoms with Crippen molar-refractivity contribution in [2.45, 2.75) is 6.92 Å². The van der Waals surface area contributed by atoms with Crippen molar-refractivity contribution in [1.29, 1.82) is 0 Å². The van der Waals surface area contributed by atoms with Crippen molar-refractivity contribution in [3.8, 4) is 0 Å². The number of carbonyl (C=O) groups excluding carboxylic acids is 3. The molecule has 2 aromatic rings. The first-order valence-electron chi connectivity index (χ1n) is 6.61. The van der Waals surface area contributed by atoms with Gasteiger partial charge in [0.25, 0.3) is 5.91 Å². The van der Waals surface area contributed by atoms with Crippen molar-refractivity contribution < 1.29 is 23.9 Å². The highest BCUT2D eigenvalue weighted by Crippen LogP contribution is 2.23. The smallest absolute Gasteiger partial charge is 0.356 e. The molecule has 0 saturated heterocycles. The second kappa shape index (κ2) is 6.73. The summed E-state index contributed by atoms with van der Waals surface area (Å²) in [6.07, 6.45) is 1.26. The number of aryl methyl sites for hydroxylation is 1. The molecule has 2 N–H and O–H groups in total. The quantitative estimate of drug-likeness (QED) is 0.828. The molecule has 0 aromatic carbocycles. The summed E-state index contributed by atoms with van der Waals surface area (Å²) in [5, 5.41) is 2.50. The standard InChI is InChI=1S/C15H15N3O5/c1-8-5-4-6-10(17-8)13(19)18-11-9(14(20)22-2)7-16-12(11)15(21)23-3/h4-7,16H,1-3H3,(H,18,19). The number of amides is 1. The molecular weight excluding hydrogens is 302 g/mol. The van der Waals surface area contributed by atoms with Crippen LogP contribution >= 0.6 is 0 Å². The number of pyridine rings is 1. The second-order valence-corrected chi connectivity index (χ2v) is 4.55. The van der Waals surface area contributed by atoms with Crippen LogP contribution in [0.2, 0.25) is 0 Å². The predicted molar refractivity (Wildman–Crippen MR) is 80.4 cm³/mol. The summed E-state index contributed by atoms with van der Waals surface area (Å²) in [6, 6.07) is 4.94. The van der Waals surface area contributed by atoms with Crippen LogP contribution in [0.15, 0.2) is 24.4 Å². The number of esters is 2. The minimum absolute atomic E-state index is 0.00824. The molecule has 0 saturated carbocycles. The number of anilines is 1. The topological polar surface area (TPSA) is 110 Å². The zero-order chi connectivity index (χ0) is 17.0. The van der Waals surface area contributed by atoms with Gasteiger partial charge in [0.1, 0.15) is 17.0 Å². The van der Waals surface area contributed by atoms with Crippen molar-refractivity contribution in [1.82, 2.24) is 9.97 Å². The minimum Gasteiger partial charge on any atom is -0.465 e. The molecule has 0 aliphatic carbocycles. The van der Waals surface area contributed by atoms with Gasteiger partial charge in [0, 0.05) is 11.9 Å². The van der Waals surface area contributed by atoms with Crippen LogP contribution in [0, 0.1) is 6.92 Å². The van der Waals surface area contributed by atoms with Gasteiger partial charge in [-0.25, -0.2) is 14.6 Å². The molecule has 2 aromatic heterocycles. The number of nitrogens with one attached hydrogen (secondary N) is 2. The maximum atomic E-state index is 12.3. The molecule has 0 bridgehead atoms. The average Bonchev–Trinajstić information content (AvgIpc) is 2.96. The van der Waals surface area contributed by atoms with Gasteiger partial charge in [-0.3, -0.25) is 4.79 Å². The first-order chi connectivity index (χ1) is 11.0. The third kappa shape index (κ3) is 3.37. The Morgan fingerprint density at radius 3 is 2.43 bits per heavy atom. The number of methoxy groups -OCH3 is 2. The third-order valence-corrected chi connectivity index (χ3v) is 3.03. The Morgan fingerprint density at radius 2 is 1.83 bits per heavy atom. The lowest BCUT2D eigenvalue weighted by atomic mass is 10.2. The molecule has 2 rings (SSSR count). The molecule has 0 spiro atoms. The summed E-state index contributed by atoms with van der Waals surface area (Å²) >= 11 is 0. The van der Waals surface area contributed by atoms with E-state index in [-0.39, 0.29) is 22.6 Å².